The van der Waals surface area contributed by atoms with Gasteiger partial charge in [0.15, 0.2) is 0 Å². The van der Waals surface area contributed by atoms with Crippen molar-refractivity contribution in [2.75, 3.05) is 9.80 Å². The van der Waals surface area contributed by atoms with Gasteiger partial charge < -0.3 is 9.80 Å². The van der Waals surface area contributed by atoms with Gasteiger partial charge in [-0.25, -0.2) is 0 Å². The first kappa shape index (κ1) is 46.9. The lowest BCUT2D eigenvalue weighted by molar-refractivity contribution is -0.0239. The molecule has 2 aliphatic heterocycles. The number of fused-ring (bicyclic) bond motifs is 16. The second-order valence-electron chi connectivity index (χ2n) is 27.8. The number of para-hydroxylation sites is 2. The molecule has 0 aromatic heterocycles. The van der Waals surface area contributed by atoms with Crippen molar-refractivity contribution in [3.8, 4) is 44.5 Å². The SMILES string of the molecule is CC1(C)CC(C)(C)C2(C)c3cc(-c4ccc5c(c4)C4(c6ccccc6-c6ccccc64)c4cc(-c6ccc7c(c6)C6(C)C(C)(C)CC(C)(C)CC6(C)N7c6ccccc6)ccc4-5)ccc3N(c3ccccc3)C2(C)C1. The van der Waals surface area contributed by atoms with Crippen LogP contribution in [-0.4, -0.2) is 11.1 Å². The Balaban J connectivity index is 0.955. The molecule has 0 saturated heterocycles. The average Bonchev–Trinajstić information content (AvgIpc) is 4.11. The van der Waals surface area contributed by atoms with Crippen LogP contribution in [0.25, 0.3) is 44.5 Å². The Kier molecular flexibility index (Phi) is 9.27. The molecule has 0 amide bonds. The summed E-state index contributed by atoms with van der Waals surface area (Å²) in [6, 6.07) is 71.0. The van der Waals surface area contributed by atoms with E-state index in [-0.39, 0.29) is 43.6 Å². The first-order valence-corrected chi connectivity index (χ1v) is 28.1. The summed E-state index contributed by atoms with van der Waals surface area (Å²) in [7, 11) is 0. The summed E-state index contributed by atoms with van der Waals surface area (Å²) in [6.07, 6.45) is 4.58. The fourth-order valence-electron chi connectivity index (χ4n) is 19.1. The van der Waals surface area contributed by atoms with Gasteiger partial charge >= 0.3 is 0 Å². The zero-order valence-electron chi connectivity index (χ0n) is 46.5. The predicted octanol–water partition coefficient (Wildman–Crippen LogP) is 19.4. The molecule has 75 heavy (non-hydrogen) atoms. The molecule has 0 N–H and O–H groups in total. The van der Waals surface area contributed by atoms with Gasteiger partial charge in [0.1, 0.15) is 0 Å². The average molecular weight is 979 g/mol. The Labute approximate surface area is 447 Å². The van der Waals surface area contributed by atoms with Gasteiger partial charge in [-0.05, 0) is 200 Å². The third-order valence-corrected chi connectivity index (χ3v) is 21.7. The molecule has 4 unspecified atom stereocenters. The van der Waals surface area contributed by atoms with Crippen LogP contribution in [0, 0.1) is 21.7 Å². The molecule has 14 rings (SSSR count). The standard InChI is InChI=1S/C73H74N2/c1-65(2)43-67(5,6)71(11)61-41-49(33-37-63(61)74(69(71,9)45-65)51-23-15-13-16-24-51)47-31-35-55-56-36-32-48(40-60(56)73(59(55)39-47)57-29-21-19-27-53(57)54-28-20-22-30-58(54)73)50-34-38-64-62(42-50)72(12)68(7,8)44-66(3,4)46-70(72,10)75(64)52-25-17-14-18-26-52/h13-42H,43-46H2,1-12H3. The Hall–Kier alpha value is -6.64. The van der Waals surface area contributed by atoms with Crippen molar-refractivity contribution in [1.82, 2.24) is 0 Å². The molecule has 4 atom stereocenters. The first-order valence-electron chi connectivity index (χ1n) is 28.1. The monoisotopic (exact) mass is 979 g/mol. The molecule has 1 spiro atoms. The number of benzene rings is 8. The van der Waals surface area contributed by atoms with E-state index in [4.69, 9.17) is 0 Å². The molecule has 2 saturated carbocycles. The Morgan fingerprint density at radius 3 is 1.00 bits per heavy atom. The van der Waals surface area contributed by atoms with E-state index in [1.807, 2.05) is 0 Å². The molecule has 2 heterocycles. The summed E-state index contributed by atoms with van der Waals surface area (Å²) in [6.45, 7) is 30.5. The van der Waals surface area contributed by atoms with Gasteiger partial charge in [-0.15, -0.1) is 0 Å². The Bertz CT molecular complexity index is 3460. The summed E-state index contributed by atoms with van der Waals surface area (Å²) in [5, 5.41) is 0. The molecule has 2 heteroatoms. The molecule has 8 aromatic carbocycles. The van der Waals surface area contributed by atoms with Gasteiger partial charge in [0.2, 0.25) is 0 Å². The van der Waals surface area contributed by atoms with Crippen molar-refractivity contribution in [2.45, 2.75) is 136 Å². The van der Waals surface area contributed by atoms with Gasteiger partial charge in [0, 0.05) is 33.6 Å². The smallest absolute Gasteiger partial charge is 0.0725 e. The molecular formula is C73H74N2. The van der Waals surface area contributed by atoms with E-state index in [1.165, 1.54) is 113 Å². The lowest BCUT2D eigenvalue weighted by Gasteiger charge is -2.62. The van der Waals surface area contributed by atoms with Crippen LogP contribution in [0.2, 0.25) is 0 Å². The molecule has 4 aliphatic carbocycles. The van der Waals surface area contributed by atoms with Gasteiger partial charge in [0.05, 0.1) is 16.5 Å². The second-order valence-corrected chi connectivity index (χ2v) is 27.8. The first-order chi connectivity index (χ1) is 35.6. The Morgan fingerprint density at radius 1 is 0.293 bits per heavy atom. The maximum Gasteiger partial charge on any atom is 0.0725 e. The highest BCUT2D eigenvalue weighted by atomic mass is 15.3. The Morgan fingerprint density at radius 2 is 0.613 bits per heavy atom. The number of anilines is 4. The highest BCUT2D eigenvalue weighted by Crippen LogP contribution is 2.72. The van der Waals surface area contributed by atoms with Crippen LogP contribution >= 0.6 is 0 Å². The highest BCUT2D eigenvalue weighted by Gasteiger charge is 2.69. The lowest BCUT2D eigenvalue weighted by Crippen LogP contribution is -2.65. The molecule has 2 nitrogen and oxygen atoms in total. The summed E-state index contributed by atoms with van der Waals surface area (Å²) in [5.41, 5.74) is 23.7. The van der Waals surface area contributed by atoms with Gasteiger partial charge in [-0.1, -0.05) is 191 Å². The van der Waals surface area contributed by atoms with E-state index in [2.05, 4.69) is 275 Å². The van der Waals surface area contributed by atoms with Crippen LogP contribution in [0.4, 0.5) is 22.7 Å². The summed E-state index contributed by atoms with van der Waals surface area (Å²) >= 11 is 0. The minimum Gasteiger partial charge on any atom is -0.334 e. The summed E-state index contributed by atoms with van der Waals surface area (Å²) < 4.78 is 0. The van der Waals surface area contributed by atoms with E-state index in [9.17, 15) is 0 Å². The summed E-state index contributed by atoms with van der Waals surface area (Å²) in [4.78, 5) is 5.45. The van der Waals surface area contributed by atoms with Crippen molar-refractivity contribution in [3.05, 3.63) is 215 Å². The second kappa shape index (κ2) is 14.8. The minimum atomic E-state index is -0.492. The minimum absolute atomic E-state index is 0.0417. The number of hydrogen-bond donors (Lipinski definition) is 0. The molecule has 2 fully saturated rings. The zero-order chi connectivity index (χ0) is 52.1. The molecule has 0 radical (unpaired) electrons. The quantitative estimate of drug-likeness (QED) is 0.173. The topological polar surface area (TPSA) is 6.48 Å². The van der Waals surface area contributed by atoms with Gasteiger partial charge in [-0.3, -0.25) is 0 Å². The molecule has 8 aromatic rings. The van der Waals surface area contributed by atoms with Crippen LogP contribution in [0.15, 0.2) is 182 Å². The zero-order valence-corrected chi connectivity index (χ0v) is 46.5. The van der Waals surface area contributed by atoms with Crippen LogP contribution in [0.1, 0.15) is 142 Å². The van der Waals surface area contributed by atoms with Crippen molar-refractivity contribution in [3.63, 3.8) is 0 Å². The van der Waals surface area contributed by atoms with Crippen molar-refractivity contribution >= 4 is 22.7 Å². The van der Waals surface area contributed by atoms with E-state index in [0.29, 0.717) is 0 Å². The highest BCUT2D eigenvalue weighted by molar-refractivity contribution is 5.97. The van der Waals surface area contributed by atoms with Crippen molar-refractivity contribution < 1.29 is 0 Å². The van der Waals surface area contributed by atoms with Gasteiger partial charge in [0.25, 0.3) is 0 Å². The fraction of sp³-hybridized carbons (Fsp3) is 0.342. The van der Waals surface area contributed by atoms with Crippen LogP contribution < -0.4 is 9.80 Å². The molecule has 0 bridgehead atoms. The molecule has 6 aliphatic rings. The van der Waals surface area contributed by atoms with E-state index >= 15 is 0 Å². The maximum atomic E-state index is 2.73. The van der Waals surface area contributed by atoms with Crippen LogP contribution in [-0.2, 0) is 16.2 Å². The molecule has 376 valence electrons. The van der Waals surface area contributed by atoms with E-state index in [0.717, 1.165) is 12.8 Å². The number of rotatable bonds is 4. The predicted molar refractivity (Wildman–Crippen MR) is 316 cm³/mol. The fourth-order valence-corrected chi connectivity index (χ4v) is 19.1. The largest absolute Gasteiger partial charge is 0.334 e. The van der Waals surface area contributed by atoms with Crippen molar-refractivity contribution in [1.29, 1.82) is 0 Å². The van der Waals surface area contributed by atoms with Crippen LogP contribution in [0.5, 0.6) is 0 Å². The van der Waals surface area contributed by atoms with Crippen molar-refractivity contribution in [2.24, 2.45) is 21.7 Å². The summed E-state index contributed by atoms with van der Waals surface area (Å²) in [5.74, 6) is 0. The van der Waals surface area contributed by atoms with E-state index in [1.54, 1.807) is 0 Å². The lowest BCUT2D eigenvalue weighted by atomic mass is 9.45. The maximum absolute atomic E-state index is 2.73. The van der Waals surface area contributed by atoms with Gasteiger partial charge in [-0.2, -0.15) is 0 Å². The normalized spacial score (nSPS) is 26.9. The van der Waals surface area contributed by atoms with E-state index < -0.39 is 5.41 Å². The number of nitrogens with zero attached hydrogens (tertiary/aromatic N) is 2. The third kappa shape index (κ3) is 5.77. The van der Waals surface area contributed by atoms with Crippen LogP contribution in [0.3, 0.4) is 0 Å². The number of hydrogen-bond acceptors (Lipinski definition) is 2. The third-order valence-electron chi connectivity index (χ3n) is 21.7. The molecular weight excluding hydrogens is 905 g/mol.